The zero-order valence-corrected chi connectivity index (χ0v) is 7.40. The van der Waals surface area contributed by atoms with Crippen molar-refractivity contribution in [2.75, 3.05) is 6.54 Å². The first-order valence-corrected chi connectivity index (χ1v) is 4.04. The van der Waals surface area contributed by atoms with Crippen LogP contribution in [0, 0.1) is 0 Å². The van der Waals surface area contributed by atoms with Gasteiger partial charge in [-0.25, -0.2) is 4.79 Å². The number of aromatic nitrogens is 1. The first-order valence-electron chi connectivity index (χ1n) is 4.04. The van der Waals surface area contributed by atoms with E-state index in [4.69, 9.17) is 10.8 Å². The SMILES string of the molecule is CC(CN)c1ccc(C(=O)O)cn1. The maximum absolute atomic E-state index is 10.5. The fourth-order valence-corrected chi connectivity index (χ4v) is 0.944. The van der Waals surface area contributed by atoms with E-state index in [1.165, 1.54) is 12.3 Å². The molecule has 1 aromatic rings. The highest BCUT2D eigenvalue weighted by molar-refractivity contribution is 5.87. The minimum absolute atomic E-state index is 0.169. The lowest BCUT2D eigenvalue weighted by Gasteiger charge is -2.06. The summed E-state index contributed by atoms with van der Waals surface area (Å²) in [5.74, 6) is -0.790. The van der Waals surface area contributed by atoms with Gasteiger partial charge in [-0.15, -0.1) is 0 Å². The van der Waals surface area contributed by atoms with Crippen LogP contribution in [0.3, 0.4) is 0 Å². The van der Waals surface area contributed by atoms with Crippen molar-refractivity contribution in [2.45, 2.75) is 12.8 Å². The highest BCUT2D eigenvalue weighted by Gasteiger charge is 2.06. The van der Waals surface area contributed by atoms with Crippen LogP contribution in [-0.2, 0) is 0 Å². The Morgan fingerprint density at radius 1 is 1.69 bits per heavy atom. The van der Waals surface area contributed by atoms with Gasteiger partial charge in [0.05, 0.1) is 5.56 Å². The monoisotopic (exact) mass is 180 g/mol. The maximum atomic E-state index is 10.5. The lowest BCUT2D eigenvalue weighted by Crippen LogP contribution is -2.10. The minimum atomic E-state index is -0.959. The zero-order valence-electron chi connectivity index (χ0n) is 7.40. The molecule has 0 saturated carbocycles. The Kier molecular flexibility index (Phi) is 2.97. The first kappa shape index (κ1) is 9.67. The normalized spacial score (nSPS) is 12.5. The number of pyridine rings is 1. The van der Waals surface area contributed by atoms with Crippen LogP contribution in [0.15, 0.2) is 18.3 Å². The molecule has 0 fully saturated rings. The molecule has 4 heteroatoms. The molecule has 1 atom stereocenters. The maximum Gasteiger partial charge on any atom is 0.337 e. The fourth-order valence-electron chi connectivity index (χ4n) is 0.944. The summed E-state index contributed by atoms with van der Waals surface area (Å²) in [5, 5.41) is 8.61. The van der Waals surface area contributed by atoms with E-state index in [9.17, 15) is 4.79 Å². The average molecular weight is 180 g/mol. The second-order valence-electron chi connectivity index (χ2n) is 2.91. The second-order valence-corrected chi connectivity index (χ2v) is 2.91. The number of nitrogens with two attached hydrogens (primary N) is 1. The molecule has 0 amide bonds. The molecule has 70 valence electrons. The van der Waals surface area contributed by atoms with Gasteiger partial charge in [0.25, 0.3) is 0 Å². The number of rotatable bonds is 3. The number of carboxylic acids is 1. The molecule has 0 bridgehead atoms. The third-order valence-electron chi connectivity index (χ3n) is 1.89. The molecule has 0 aliphatic carbocycles. The Morgan fingerprint density at radius 3 is 2.77 bits per heavy atom. The Bertz CT molecular complexity index is 295. The van der Waals surface area contributed by atoms with Crippen LogP contribution >= 0.6 is 0 Å². The first-order chi connectivity index (χ1) is 6.15. The zero-order chi connectivity index (χ0) is 9.84. The number of hydrogen-bond donors (Lipinski definition) is 2. The summed E-state index contributed by atoms with van der Waals surface area (Å²) >= 11 is 0. The van der Waals surface area contributed by atoms with Gasteiger partial charge in [-0.05, 0) is 12.1 Å². The summed E-state index contributed by atoms with van der Waals surface area (Å²) in [7, 11) is 0. The van der Waals surface area contributed by atoms with Gasteiger partial charge in [0.15, 0.2) is 0 Å². The number of nitrogens with zero attached hydrogens (tertiary/aromatic N) is 1. The summed E-state index contributed by atoms with van der Waals surface area (Å²) < 4.78 is 0. The van der Waals surface area contributed by atoms with Crippen LogP contribution in [0.2, 0.25) is 0 Å². The standard InChI is InChI=1S/C9H12N2O2/c1-6(4-10)8-3-2-7(5-11-8)9(12)13/h2-3,5-6H,4,10H2,1H3,(H,12,13). The van der Waals surface area contributed by atoms with Crippen LogP contribution in [0.4, 0.5) is 0 Å². The van der Waals surface area contributed by atoms with Crippen molar-refractivity contribution in [3.8, 4) is 0 Å². The second kappa shape index (κ2) is 4.00. The Labute approximate surface area is 76.4 Å². The third kappa shape index (κ3) is 2.26. The minimum Gasteiger partial charge on any atom is -0.478 e. The average Bonchev–Trinajstić information content (AvgIpc) is 2.17. The largest absolute Gasteiger partial charge is 0.478 e. The van der Waals surface area contributed by atoms with Crippen molar-refractivity contribution in [1.82, 2.24) is 4.98 Å². The predicted octanol–water partition coefficient (Wildman–Crippen LogP) is 0.842. The number of hydrogen-bond acceptors (Lipinski definition) is 3. The van der Waals surface area contributed by atoms with Crippen molar-refractivity contribution in [3.63, 3.8) is 0 Å². The smallest absolute Gasteiger partial charge is 0.337 e. The van der Waals surface area contributed by atoms with Crippen molar-refractivity contribution >= 4 is 5.97 Å². The molecule has 0 aliphatic heterocycles. The molecular formula is C9H12N2O2. The molecule has 0 saturated heterocycles. The predicted molar refractivity (Wildman–Crippen MR) is 48.7 cm³/mol. The van der Waals surface area contributed by atoms with Crippen molar-refractivity contribution in [3.05, 3.63) is 29.6 Å². The van der Waals surface area contributed by atoms with Gasteiger partial charge in [-0.3, -0.25) is 4.98 Å². The lowest BCUT2D eigenvalue weighted by molar-refractivity contribution is 0.0696. The van der Waals surface area contributed by atoms with E-state index >= 15 is 0 Å². The molecule has 3 N–H and O–H groups in total. The highest BCUT2D eigenvalue weighted by Crippen LogP contribution is 2.10. The van der Waals surface area contributed by atoms with Crippen LogP contribution in [0.25, 0.3) is 0 Å². The molecule has 1 unspecified atom stereocenters. The van der Waals surface area contributed by atoms with Crippen LogP contribution in [0.1, 0.15) is 28.9 Å². The number of carboxylic acid groups (broad SMARTS) is 1. The molecule has 13 heavy (non-hydrogen) atoms. The van der Waals surface area contributed by atoms with Gasteiger partial charge in [0.1, 0.15) is 0 Å². The van der Waals surface area contributed by atoms with Gasteiger partial charge >= 0.3 is 5.97 Å². The Balaban J connectivity index is 2.87. The molecule has 0 spiro atoms. The molecule has 1 aromatic heterocycles. The molecule has 1 rings (SSSR count). The summed E-state index contributed by atoms with van der Waals surface area (Å²) in [6.45, 7) is 2.46. The van der Waals surface area contributed by atoms with E-state index in [1.54, 1.807) is 6.07 Å². The van der Waals surface area contributed by atoms with E-state index in [0.29, 0.717) is 6.54 Å². The van der Waals surface area contributed by atoms with E-state index in [-0.39, 0.29) is 11.5 Å². The summed E-state index contributed by atoms with van der Waals surface area (Å²) in [5.41, 5.74) is 6.47. The van der Waals surface area contributed by atoms with E-state index in [0.717, 1.165) is 5.69 Å². The summed E-state index contributed by atoms with van der Waals surface area (Å²) in [6, 6.07) is 3.23. The number of carbonyl (C=O) groups is 1. The third-order valence-corrected chi connectivity index (χ3v) is 1.89. The Hall–Kier alpha value is -1.42. The molecule has 0 radical (unpaired) electrons. The van der Waals surface area contributed by atoms with Crippen molar-refractivity contribution < 1.29 is 9.90 Å². The van der Waals surface area contributed by atoms with Gasteiger partial charge in [-0.1, -0.05) is 6.92 Å². The lowest BCUT2D eigenvalue weighted by atomic mass is 10.1. The molecule has 0 aliphatic rings. The molecule has 1 heterocycles. The van der Waals surface area contributed by atoms with E-state index in [2.05, 4.69) is 4.98 Å². The Morgan fingerprint density at radius 2 is 2.38 bits per heavy atom. The quantitative estimate of drug-likeness (QED) is 0.722. The number of aromatic carboxylic acids is 1. The summed E-state index contributed by atoms with van der Waals surface area (Å²) in [4.78, 5) is 14.5. The fraction of sp³-hybridized carbons (Fsp3) is 0.333. The van der Waals surface area contributed by atoms with E-state index < -0.39 is 5.97 Å². The van der Waals surface area contributed by atoms with Gasteiger partial charge in [0.2, 0.25) is 0 Å². The van der Waals surface area contributed by atoms with Crippen LogP contribution in [-0.4, -0.2) is 22.6 Å². The van der Waals surface area contributed by atoms with Crippen LogP contribution < -0.4 is 5.73 Å². The molecular weight excluding hydrogens is 168 g/mol. The molecule has 0 aromatic carbocycles. The van der Waals surface area contributed by atoms with Gasteiger partial charge in [-0.2, -0.15) is 0 Å². The van der Waals surface area contributed by atoms with Crippen molar-refractivity contribution in [1.29, 1.82) is 0 Å². The van der Waals surface area contributed by atoms with Crippen LogP contribution in [0.5, 0.6) is 0 Å². The van der Waals surface area contributed by atoms with E-state index in [1.807, 2.05) is 6.92 Å². The topological polar surface area (TPSA) is 76.2 Å². The summed E-state index contributed by atoms with van der Waals surface area (Å²) in [6.07, 6.45) is 1.35. The highest BCUT2D eigenvalue weighted by atomic mass is 16.4. The van der Waals surface area contributed by atoms with Gasteiger partial charge in [0, 0.05) is 24.4 Å². The van der Waals surface area contributed by atoms with Gasteiger partial charge < -0.3 is 10.8 Å². The van der Waals surface area contributed by atoms with Crippen molar-refractivity contribution in [2.24, 2.45) is 5.73 Å². The molecule has 4 nitrogen and oxygen atoms in total.